The SMILES string of the molecule is Cc1ccc(S(=O)(=O)N(C)C)cc1NC(=O)Nc1ccc(OCc2ccccc2)cc1. The van der Waals surface area contributed by atoms with E-state index in [2.05, 4.69) is 10.6 Å². The molecule has 3 aromatic rings. The maximum Gasteiger partial charge on any atom is 0.323 e. The molecule has 3 rings (SSSR count). The Morgan fingerprint density at radius 3 is 2.26 bits per heavy atom. The summed E-state index contributed by atoms with van der Waals surface area (Å²) in [5, 5.41) is 5.44. The van der Waals surface area contributed by atoms with Crippen molar-refractivity contribution in [3.8, 4) is 5.75 Å². The number of nitrogens with one attached hydrogen (secondary N) is 2. The van der Waals surface area contributed by atoms with E-state index in [1.807, 2.05) is 30.3 Å². The molecule has 0 aromatic heterocycles. The van der Waals surface area contributed by atoms with Crippen LogP contribution in [0.15, 0.2) is 77.7 Å². The van der Waals surface area contributed by atoms with Crippen LogP contribution in [0.2, 0.25) is 0 Å². The lowest BCUT2D eigenvalue weighted by Gasteiger charge is -2.15. The number of anilines is 2. The van der Waals surface area contributed by atoms with Gasteiger partial charge in [0.05, 0.1) is 4.90 Å². The van der Waals surface area contributed by atoms with Crippen LogP contribution in [0.5, 0.6) is 5.75 Å². The number of ether oxygens (including phenoxy) is 1. The quantitative estimate of drug-likeness (QED) is 0.569. The molecule has 0 saturated heterocycles. The molecule has 3 aromatic carbocycles. The first kappa shape index (κ1) is 22.3. The van der Waals surface area contributed by atoms with E-state index in [0.29, 0.717) is 23.7 Å². The van der Waals surface area contributed by atoms with Crippen molar-refractivity contribution in [1.29, 1.82) is 0 Å². The number of sulfonamides is 1. The molecule has 0 saturated carbocycles. The normalized spacial score (nSPS) is 11.2. The lowest BCUT2D eigenvalue weighted by molar-refractivity contribution is 0.262. The highest BCUT2D eigenvalue weighted by molar-refractivity contribution is 7.89. The molecule has 0 aliphatic heterocycles. The minimum absolute atomic E-state index is 0.110. The molecule has 2 amide bonds. The number of aryl methyl sites for hydroxylation is 1. The lowest BCUT2D eigenvalue weighted by atomic mass is 10.2. The number of urea groups is 1. The first-order valence-electron chi connectivity index (χ1n) is 9.64. The van der Waals surface area contributed by atoms with Crippen molar-refractivity contribution in [1.82, 2.24) is 4.31 Å². The van der Waals surface area contributed by atoms with E-state index in [0.717, 1.165) is 15.4 Å². The molecular weight excluding hydrogens is 414 g/mol. The summed E-state index contributed by atoms with van der Waals surface area (Å²) < 4.78 is 31.5. The van der Waals surface area contributed by atoms with Crippen LogP contribution in [-0.2, 0) is 16.6 Å². The Kier molecular flexibility index (Phi) is 6.94. The van der Waals surface area contributed by atoms with Crippen molar-refractivity contribution in [3.63, 3.8) is 0 Å². The molecular formula is C23H25N3O4S. The van der Waals surface area contributed by atoms with Gasteiger partial charge in [-0.1, -0.05) is 36.4 Å². The number of benzene rings is 3. The Balaban J connectivity index is 1.62. The molecule has 162 valence electrons. The van der Waals surface area contributed by atoms with Gasteiger partial charge < -0.3 is 15.4 Å². The van der Waals surface area contributed by atoms with E-state index < -0.39 is 16.1 Å². The van der Waals surface area contributed by atoms with Crippen molar-refractivity contribution in [2.45, 2.75) is 18.4 Å². The van der Waals surface area contributed by atoms with Gasteiger partial charge in [-0.25, -0.2) is 17.5 Å². The Bertz CT molecular complexity index is 1150. The van der Waals surface area contributed by atoms with Gasteiger partial charge in [-0.15, -0.1) is 0 Å². The van der Waals surface area contributed by atoms with Gasteiger partial charge in [0.2, 0.25) is 10.0 Å². The molecule has 0 bridgehead atoms. The van der Waals surface area contributed by atoms with Crippen LogP contribution in [-0.4, -0.2) is 32.8 Å². The smallest absolute Gasteiger partial charge is 0.323 e. The molecule has 8 heteroatoms. The predicted octanol–water partition coefficient (Wildman–Crippen LogP) is 4.47. The standard InChI is InChI=1S/C23H25N3O4S/c1-17-9-14-21(31(28,29)26(2)3)15-22(17)25-23(27)24-19-10-12-20(13-11-19)30-16-18-7-5-4-6-8-18/h4-15H,16H2,1-3H3,(H2,24,25,27). The minimum atomic E-state index is -3.59. The Hall–Kier alpha value is -3.36. The molecule has 0 atom stereocenters. The molecule has 31 heavy (non-hydrogen) atoms. The largest absolute Gasteiger partial charge is 0.489 e. The van der Waals surface area contributed by atoms with Crippen LogP contribution in [0.25, 0.3) is 0 Å². The summed E-state index contributed by atoms with van der Waals surface area (Å²) >= 11 is 0. The summed E-state index contributed by atoms with van der Waals surface area (Å²) in [4.78, 5) is 12.5. The van der Waals surface area contributed by atoms with Gasteiger partial charge in [-0.05, 0) is 54.4 Å². The van der Waals surface area contributed by atoms with E-state index in [1.54, 1.807) is 37.3 Å². The second-order valence-electron chi connectivity index (χ2n) is 7.14. The topological polar surface area (TPSA) is 87.7 Å². The second kappa shape index (κ2) is 9.63. The monoisotopic (exact) mass is 439 g/mol. The predicted molar refractivity (Wildman–Crippen MR) is 122 cm³/mol. The van der Waals surface area contributed by atoms with Crippen molar-refractivity contribution < 1.29 is 17.9 Å². The Labute approximate surface area is 182 Å². The van der Waals surface area contributed by atoms with Crippen molar-refractivity contribution >= 4 is 27.4 Å². The fourth-order valence-electron chi connectivity index (χ4n) is 2.77. The summed E-state index contributed by atoms with van der Waals surface area (Å²) in [5.41, 5.74) is 2.82. The fourth-order valence-corrected chi connectivity index (χ4v) is 3.70. The maximum atomic E-state index is 12.4. The number of rotatable bonds is 7. The highest BCUT2D eigenvalue weighted by atomic mass is 32.2. The molecule has 0 fully saturated rings. The fraction of sp³-hybridized carbons (Fsp3) is 0.174. The number of nitrogens with zero attached hydrogens (tertiary/aromatic N) is 1. The molecule has 0 unspecified atom stereocenters. The van der Waals surface area contributed by atoms with E-state index >= 15 is 0 Å². The number of carbonyl (C=O) groups excluding carboxylic acids is 1. The third kappa shape index (κ3) is 5.84. The number of hydrogen-bond acceptors (Lipinski definition) is 4. The summed E-state index contributed by atoms with van der Waals surface area (Å²) in [7, 11) is -0.672. The summed E-state index contributed by atoms with van der Waals surface area (Å²) in [6.45, 7) is 2.25. The molecule has 0 aliphatic rings. The zero-order chi connectivity index (χ0) is 22.4. The summed E-state index contributed by atoms with van der Waals surface area (Å²) in [6.07, 6.45) is 0. The Morgan fingerprint density at radius 2 is 1.61 bits per heavy atom. The first-order chi connectivity index (χ1) is 14.8. The van der Waals surface area contributed by atoms with Gasteiger partial charge in [0.15, 0.2) is 0 Å². The maximum absolute atomic E-state index is 12.4. The van der Waals surface area contributed by atoms with Crippen LogP contribution in [0.1, 0.15) is 11.1 Å². The molecule has 7 nitrogen and oxygen atoms in total. The first-order valence-corrected chi connectivity index (χ1v) is 11.1. The third-order valence-electron chi connectivity index (χ3n) is 4.60. The molecule has 0 heterocycles. The van der Waals surface area contributed by atoms with Gasteiger partial charge in [0.1, 0.15) is 12.4 Å². The van der Waals surface area contributed by atoms with Gasteiger partial charge >= 0.3 is 6.03 Å². The van der Waals surface area contributed by atoms with Crippen LogP contribution < -0.4 is 15.4 Å². The van der Waals surface area contributed by atoms with Gasteiger partial charge in [-0.2, -0.15) is 0 Å². The van der Waals surface area contributed by atoms with Gasteiger partial charge in [0, 0.05) is 25.5 Å². The highest BCUT2D eigenvalue weighted by Gasteiger charge is 2.18. The van der Waals surface area contributed by atoms with E-state index in [4.69, 9.17) is 4.74 Å². The second-order valence-corrected chi connectivity index (χ2v) is 9.29. The van der Waals surface area contributed by atoms with Crippen LogP contribution in [0.4, 0.5) is 16.2 Å². The third-order valence-corrected chi connectivity index (χ3v) is 6.41. The van der Waals surface area contributed by atoms with Gasteiger partial charge in [-0.3, -0.25) is 0 Å². The van der Waals surface area contributed by atoms with Crippen molar-refractivity contribution in [3.05, 3.63) is 83.9 Å². The Morgan fingerprint density at radius 1 is 0.935 bits per heavy atom. The zero-order valence-corrected chi connectivity index (χ0v) is 18.4. The van der Waals surface area contributed by atoms with Crippen LogP contribution in [0, 0.1) is 6.92 Å². The number of carbonyl (C=O) groups is 1. The summed E-state index contributed by atoms with van der Waals surface area (Å²) in [5.74, 6) is 0.687. The molecule has 0 aliphatic carbocycles. The number of hydrogen-bond donors (Lipinski definition) is 2. The van der Waals surface area contributed by atoms with E-state index in [-0.39, 0.29) is 4.90 Å². The van der Waals surface area contributed by atoms with E-state index in [9.17, 15) is 13.2 Å². The number of amides is 2. The van der Waals surface area contributed by atoms with Crippen LogP contribution >= 0.6 is 0 Å². The van der Waals surface area contributed by atoms with E-state index in [1.165, 1.54) is 26.2 Å². The molecule has 0 spiro atoms. The molecule has 2 N–H and O–H groups in total. The van der Waals surface area contributed by atoms with Crippen LogP contribution in [0.3, 0.4) is 0 Å². The average molecular weight is 440 g/mol. The molecule has 0 radical (unpaired) electrons. The summed E-state index contributed by atoms with van der Waals surface area (Å²) in [6, 6.07) is 21.0. The zero-order valence-electron chi connectivity index (χ0n) is 17.6. The van der Waals surface area contributed by atoms with Gasteiger partial charge in [0.25, 0.3) is 0 Å². The van der Waals surface area contributed by atoms with Crippen molar-refractivity contribution in [2.24, 2.45) is 0 Å². The van der Waals surface area contributed by atoms with Crippen molar-refractivity contribution in [2.75, 3.05) is 24.7 Å². The highest BCUT2D eigenvalue weighted by Crippen LogP contribution is 2.23. The average Bonchev–Trinajstić information content (AvgIpc) is 2.75. The lowest BCUT2D eigenvalue weighted by Crippen LogP contribution is -2.23. The minimum Gasteiger partial charge on any atom is -0.489 e.